The SMILES string of the molecule is COC(=O)c1c(NC(=S)NC(=O)c2c(Cl)c(C)nn2C)sc2c1CCCCCC2. The molecule has 2 aromatic rings. The molecule has 2 heterocycles. The number of halogens is 1. The fourth-order valence-corrected chi connectivity index (χ4v) is 5.29. The second kappa shape index (κ2) is 9.23. The summed E-state index contributed by atoms with van der Waals surface area (Å²) in [4.78, 5) is 26.2. The maximum Gasteiger partial charge on any atom is 0.341 e. The van der Waals surface area contributed by atoms with Gasteiger partial charge in [-0.25, -0.2) is 4.79 Å². The van der Waals surface area contributed by atoms with E-state index in [0.717, 1.165) is 37.7 Å². The number of thiocarbonyl (C=S) groups is 1. The number of hydrogen-bond donors (Lipinski definition) is 2. The van der Waals surface area contributed by atoms with Crippen molar-refractivity contribution in [1.29, 1.82) is 0 Å². The molecule has 2 aromatic heterocycles. The number of nitrogens with zero attached hydrogens (tertiary/aromatic N) is 2. The second-order valence-electron chi connectivity index (χ2n) is 6.89. The molecule has 2 N–H and O–H groups in total. The van der Waals surface area contributed by atoms with Gasteiger partial charge in [-0.2, -0.15) is 5.10 Å². The lowest BCUT2D eigenvalue weighted by Gasteiger charge is -2.12. The van der Waals surface area contributed by atoms with Crippen molar-refractivity contribution in [2.24, 2.45) is 7.05 Å². The van der Waals surface area contributed by atoms with E-state index in [4.69, 9.17) is 28.6 Å². The van der Waals surface area contributed by atoms with Crippen molar-refractivity contribution >= 4 is 57.1 Å². The van der Waals surface area contributed by atoms with Crippen LogP contribution in [0.5, 0.6) is 0 Å². The zero-order valence-electron chi connectivity index (χ0n) is 16.6. The molecule has 0 aliphatic heterocycles. The molecule has 156 valence electrons. The fraction of sp³-hybridized carbons (Fsp3) is 0.474. The summed E-state index contributed by atoms with van der Waals surface area (Å²) in [6.07, 6.45) is 6.22. The smallest absolute Gasteiger partial charge is 0.341 e. The Morgan fingerprint density at radius 2 is 1.93 bits per heavy atom. The quantitative estimate of drug-likeness (QED) is 0.538. The highest BCUT2D eigenvalue weighted by molar-refractivity contribution is 7.80. The van der Waals surface area contributed by atoms with Gasteiger partial charge in [-0.3, -0.25) is 14.8 Å². The highest BCUT2D eigenvalue weighted by Crippen LogP contribution is 2.37. The number of carbonyl (C=O) groups excluding carboxylic acids is 2. The van der Waals surface area contributed by atoms with Gasteiger partial charge in [0.2, 0.25) is 0 Å². The summed E-state index contributed by atoms with van der Waals surface area (Å²) in [6, 6.07) is 0. The molecule has 1 aliphatic rings. The number of amides is 1. The Hall–Kier alpha value is -1.97. The number of hydrogen-bond acceptors (Lipinski definition) is 6. The summed E-state index contributed by atoms with van der Waals surface area (Å²) in [6.45, 7) is 1.72. The van der Waals surface area contributed by atoms with Crippen LogP contribution >= 0.6 is 35.2 Å². The highest BCUT2D eigenvalue weighted by atomic mass is 35.5. The third kappa shape index (κ3) is 4.62. The van der Waals surface area contributed by atoms with E-state index in [2.05, 4.69) is 15.7 Å². The number of nitrogens with one attached hydrogen (secondary N) is 2. The van der Waals surface area contributed by atoms with Crippen LogP contribution in [0.4, 0.5) is 5.00 Å². The lowest BCUT2D eigenvalue weighted by molar-refractivity contribution is 0.0601. The van der Waals surface area contributed by atoms with E-state index in [9.17, 15) is 9.59 Å². The number of anilines is 1. The Kier molecular flexibility index (Phi) is 6.92. The molecule has 0 fully saturated rings. The Morgan fingerprint density at radius 1 is 1.24 bits per heavy atom. The summed E-state index contributed by atoms with van der Waals surface area (Å²) in [5.74, 6) is -0.866. The third-order valence-corrected chi connectivity index (χ3v) is 6.74. The second-order valence-corrected chi connectivity index (χ2v) is 8.78. The summed E-state index contributed by atoms with van der Waals surface area (Å²) >= 11 is 13.0. The molecule has 29 heavy (non-hydrogen) atoms. The number of ether oxygens (including phenoxy) is 1. The molecule has 1 aliphatic carbocycles. The lowest BCUT2D eigenvalue weighted by atomic mass is 9.96. The topological polar surface area (TPSA) is 85.2 Å². The minimum Gasteiger partial charge on any atom is -0.465 e. The number of methoxy groups -OCH3 is 1. The van der Waals surface area contributed by atoms with E-state index in [1.54, 1.807) is 14.0 Å². The van der Waals surface area contributed by atoms with Crippen LogP contribution in [-0.2, 0) is 24.6 Å². The molecule has 10 heteroatoms. The van der Waals surface area contributed by atoms with E-state index < -0.39 is 11.9 Å². The predicted molar refractivity (Wildman–Crippen MR) is 118 cm³/mol. The predicted octanol–water partition coefficient (Wildman–Crippen LogP) is 4.02. The Morgan fingerprint density at radius 3 is 2.55 bits per heavy atom. The van der Waals surface area contributed by atoms with E-state index in [1.807, 2.05) is 0 Å². The van der Waals surface area contributed by atoms with Crippen LogP contribution in [0.15, 0.2) is 0 Å². The molecule has 3 rings (SSSR count). The average Bonchev–Trinajstić information content (AvgIpc) is 3.09. The van der Waals surface area contributed by atoms with Crippen LogP contribution in [0, 0.1) is 6.92 Å². The number of carbonyl (C=O) groups is 2. The molecule has 1 amide bonds. The van der Waals surface area contributed by atoms with Crippen molar-refractivity contribution in [3.8, 4) is 0 Å². The fourth-order valence-electron chi connectivity index (χ4n) is 3.50. The van der Waals surface area contributed by atoms with Gasteiger partial charge in [-0.1, -0.05) is 24.4 Å². The zero-order valence-corrected chi connectivity index (χ0v) is 18.9. The summed E-state index contributed by atoms with van der Waals surface area (Å²) < 4.78 is 6.42. The summed E-state index contributed by atoms with van der Waals surface area (Å²) in [5.41, 5.74) is 2.33. The average molecular weight is 455 g/mol. The minimum atomic E-state index is -0.467. The molecular weight excluding hydrogens is 432 g/mol. The molecular formula is C19H23ClN4O3S2. The molecule has 0 saturated carbocycles. The third-order valence-electron chi connectivity index (χ3n) is 4.88. The van der Waals surface area contributed by atoms with Crippen LogP contribution in [0.2, 0.25) is 5.02 Å². The molecule has 0 bridgehead atoms. The molecule has 0 spiro atoms. The van der Waals surface area contributed by atoms with Crippen molar-refractivity contribution < 1.29 is 14.3 Å². The highest BCUT2D eigenvalue weighted by Gasteiger charge is 2.26. The zero-order chi connectivity index (χ0) is 21.1. The molecule has 7 nitrogen and oxygen atoms in total. The van der Waals surface area contributed by atoms with Crippen molar-refractivity contribution in [1.82, 2.24) is 15.1 Å². The number of fused-ring (bicyclic) bond motifs is 1. The number of aromatic nitrogens is 2. The van der Waals surface area contributed by atoms with E-state index >= 15 is 0 Å². The van der Waals surface area contributed by atoms with Gasteiger partial charge >= 0.3 is 5.97 Å². The molecule has 0 aromatic carbocycles. The molecule has 0 saturated heterocycles. The normalized spacial score (nSPS) is 13.8. The van der Waals surface area contributed by atoms with Gasteiger partial charge in [0, 0.05) is 11.9 Å². The number of esters is 1. The van der Waals surface area contributed by atoms with Gasteiger partial charge in [0.1, 0.15) is 10.7 Å². The van der Waals surface area contributed by atoms with Crippen molar-refractivity contribution in [3.05, 3.63) is 32.4 Å². The lowest BCUT2D eigenvalue weighted by Crippen LogP contribution is -2.35. The Balaban J connectivity index is 1.83. The first-order chi connectivity index (χ1) is 13.8. The van der Waals surface area contributed by atoms with E-state index in [0.29, 0.717) is 16.3 Å². The van der Waals surface area contributed by atoms with Crippen molar-refractivity contribution in [3.63, 3.8) is 0 Å². The van der Waals surface area contributed by atoms with Crippen molar-refractivity contribution in [2.45, 2.75) is 45.4 Å². The summed E-state index contributed by atoms with van der Waals surface area (Å²) in [7, 11) is 3.00. The van der Waals surface area contributed by atoms with Crippen LogP contribution in [0.3, 0.4) is 0 Å². The first kappa shape index (κ1) is 21.7. The Labute approximate surface area is 183 Å². The maximum absolute atomic E-state index is 12.6. The van der Waals surface area contributed by atoms with Gasteiger partial charge < -0.3 is 10.1 Å². The summed E-state index contributed by atoms with van der Waals surface area (Å²) in [5, 5.41) is 10.7. The van der Waals surface area contributed by atoms with Gasteiger partial charge in [0.25, 0.3) is 5.91 Å². The minimum absolute atomic E-state index is 0.0873. The van der Waals surface area contributed by atoms with Gasteiger partial charge in [-0.15, -0.1) is 11.3 Å². The van der Waals surface area contributed by atoms with Crippen molar-refractivity contribution in [2.75, 3.05) is 12.4 Å². The number of thiophene rings is 1. The maximum atomic E-state index is 12.6. The monoisotopic (exact) mass is 454 g/mol. The van der Waals surface area contributed by atoms with Gasteiger partial charge in [-0.05, 0) is 50.4 Å². The first-order valence-corrected chi connectivity index (χ1v) is 11.0. The van der Waals surface area contributed by atoms with Crippen LogP contribution in [0.25, 0.3) is 0 Å². The molecule has 0 radical (unpaired) electrons. The molecule has 0 unspecified atom stereocenters. The standard InChI is InChI=1S/C19H23ClN4O3S2/c1-10-14(20)15(24(2)23-10)16(25)21-19(28)22-17-13(18(26)27-3)11-8-6-4-5-7-9-12(11)29-17/h4-9H2,1-3H3,(H2,21,22,25,28). The van der Waals surface area contributed by atoms with Gasteiger partial charge in [0.05, 0.1) is 23.4 Å². The van der Waals surface area contributed by atoms with Crippen LogP contribution < -0.4 is 10.6 Å². The van der Waals surface area contributed by atoms with Crippen LogP contribution in [-0.4, -0.2) is 33.9 Å². The van der Waals surface area contributed by atoms with Crippen LogP contribution in [0.1, 0.15) is 62.7 Å². The van der Waals surface area contributed by atoms with Gasteiger partial charge in [0.15, 0.2) is 5.11 Å². The Bertz CT molecular complexity index is 967. The largest absolute Gasteiger partial charge is 0.465 e. The first-order valence-electron chi connectivity index (χ1n) is 9.37. The number of rotatable bonds is 3. The van der Waals surface area contributed by atoms with E-state index in [1.165, 1.54) is 34.4 Å². The molecule has 0 atom stereocenters. The van der Waals surface area contributed by atoms with E-state index in [-0.39, 0.29) is 15.8 Å². The number of aryl methyl sites for hydroxylation is 3.